The van der Waals surface area contributed by atoms with Crippen molar-refractivity contribution in [3.63, 3.8) is 0 Å². The Balaban J connectivity index is 0.00000140. The maximum absolute atomic E-state index is 13.1. The molecule has 0 spiro atoms. The Kier molecular flexibility index (Phi) is 8.61. The van der Waals surface area contributed by atoms with Crippen LogP contribution in [0, 0.1) is 0 Å². The third-order valence-corrected chi connectivity index (χ3v) is 7.12. The normalized spacial score (nSPS) is 18.9. The van der Waals surface area contributed by atoms with Gasteiger partial charge in [-0.1, -0.05) is 29.3 Å². The number of halogens is 3. The summed E-state index contributed by atoms with van der Waals surface area (Å²) in [5.41, 5.74) is 2.26. The van der Waals surface area contributed by atoms with Gasteiger partial charge in [0, 0.05) is 18.0 Å². The standard InChI is InChI=1S/C20H22Cl2N2OS.ClH.H2O/c21-16-4-3-14(11-17(16)22)12-20(25)24-9-5-19-15(6-10-26-19)18(24)13-23-7-1-2-8-23;;/h3-4,6,10-11,18H,1-2,5,7-9,12-13H2;1H;1H2. The average molecular weight is 464 g/mol. The van der Waals surface area contributed by atoms with Crippen molar-refractivity contribution in [3.05, 3.63) is 55.7 Å². The summed E-state index contributed by atoms with van der Waals surface area (Å²) < 4.78 is 0. The molecule has 28 heavy (non-hydrogen) atoms. The quantitative estimate of drug-likeness (QED) is 0.674. The molecule has 1 aromatic carbocycles. The van der Waals surface area contributed by atoms with Crippen molar-refractivity contribution in [1.29, 1.82) is 0 Å². The van der Waals surface area contributed by atoms with E-state index in [9.17, 15) is 4.79 Å². The summed E-state index contributed by atoms with van der Waals surface area (Å²) >= 11 is 13.9. The van der Waals surface area contributed by atoms with Crippen LogP contribution in [0.5, 0.6) is 0 Å². The second-order valence-corrected chi connectivity index (χ2v) is 8.90. The Morgan fingerprint density at radius 3 is 2.57 bits per heavy atom. The number of benzene rings is 1. The molecule has 1 aromatic heterocycles. The maximum Gasteiger partial charge on any atom is 0.227 e. The van der Waals surface area contributed by atoms with Crippen molar-refractivity contribution < 1.29 is 10.3 Å². The van der Waals surface area contributed by atoms with E-state index in [1.54, 1.807) is 12.1 Å². The first-order valence-corrected chi connectivity index (χ1v) is 10.8. The van der Waals surface area contributed by atoms with Crippen LogP contribution in [0.3, 0.4) is 0 Å². The number of thiophene rings is 1. The number of carbonyl (C=O) groups is 1. The van der Waals surface area contributed by atoms with Crippen molar-refractivity contribution in [3.8, 4) is 0 Å². The fraction of sp³-hybridized carbons (Fsp3) is 0.450. The molecule has 4 nitrogen and oxygen atoms in total. The second-order valence-electron chi connectivity index (χ2n) is 7.09. The highest BCUT2D eigenvalue weighted by Gasteiger charge is 2.33. The van der Waals surface area contributed by atoms with Gasteiger partial charge in [-0.25, -0.2) is 0 Å². The summed E-state index contributed by atoms with van der Waals surface area (Å²) in [6, 6.07) is 7.83. The van der Waals surface area contributed by atoms with Gasteiger partial charge in [0.15, 0.2) is 0 Å². The lowest BCUT2D eigenvalue weighted by Crippen LogP contribution is -2.45. The lowest BCUT2D eigenvalue weighted by molar-refractivity contribution is -0.133. The van der Waals surface area contributed by atoms with Gasteiger partial charge in [-0.2, -0.15) is 0 Å². The Morgan fingerprint density at radius 1 is 1.11 bits per heavy atom. The van der Waals surface area contributed by atoms with E-state index in [4.69, 9.17) is 23.2 Å². The maximum atomic E-state index is 13.1. The number of hydrogen-bond donors (Lipinski definition) is 0. The minimum absolute atomic E-state index is 0. The first kappa shape index (κ1) is 23.5. The van der Waals surface area contributed by atoms with E-state index < -0.39 is 0 Å². The van der Waals surface area contributed by atoms with Gasteiger partial charge < -0.3 is 15.3 Å². The number of fused-ring (bicyclic) bond motifs is 1. The molecule has 3 heterocycles. The van der Waals surface area contributed by atoms with Gasteiger partial charge in [0.2, 0.25) is 5.91 Å². The second kappa shape index (κ2) is 10.3. The average Bonchev–Trinajstić information content (AvgIpc) is 3.29. The van der Waals surface area contributed by atoms with Gasteiger partial charge in [-0.05, 0) is 67.1 Å². The van der Waals surface area contributed by atoms with Gasteiger partial charge >= 0.3 is 0 Å². The van der Waals surface area contributed by atoms with Gasteiger partial charge in [0.05, 0.1) is 22.5 Å². The molecule has 1 saturated heterocycles. The molecule has 8 heteroatoms. The topological polar surface area (TPSA) is 55.1 Å². The molecule has 1 unspecified atom stereocenters. The van der Waals surface area contributed by atoms with Crippen molar-refractivity contribution >= 4 is 52.9 Å². The van der Waals surface area contributed by atoms with E-state index in [0.717, 1.165) is 38.2 Å². The largest absolute Gasteiger partial charge is 0.412 e. The van der Waals surface area contributed by atoms with E-state index in [-0.39, 0.29) is 29.8 Å². The lowest BCUT2D eigenvalue weighted by Gasteiger charge is -2.38. The molecule has 2 aromatic rings. The molecule has 0 aliphatic carbocycles. The molecular formula is C20H25Cl3N2O2S. The third-order valence-electron chi connectivity index (χ3n) is 5.38. The van der Waals surface area contributed by atoms with Crippen LogP contribution in [0.15, 0.2) is 29.6 Å². The van der Waals surface area contributed by atoms with E-state index in [2.05, 4.69) is 21.2 Å². The zero-order valence-electron chi connectivity index (χ0n) is 15.5. The number of nitrogens with zero attached hydrogens (tertiary/aromatic N) is 2. The van der Waals surface area contributed by atoms with E-state index >= 15 is 0 Å². The highest BCUT2D eigenvalue weighted by Crippen LogP contribution is 2.35. The van der Waals surface area contributed by atoms with Gasteiger partial charge in [-0.15, -0.1) is 23.7 Å². The van der Waals surface area contributed by atoms with E-state index in [0.29, 0.717) is 16.5 Å². The Bertz CT molecular complexity index is 808. The van der Waals surface area contributed by atoms with E-state index in [1.807, 2.05) is 17.4 Å². The number of hydrogen-bond acceptors (Lipinski definition) is 3. The highest BCUT2D eigenvalue weighted by molar-refractivity contribution is 7.10. The molecule has 0 radical (unpaired) electrons. The Morgan fingerprint density at radius 2 is 1.86 bits per heavy atom. The summed E-state index contributed by atoms with van der Waals surface area (Å²) in [6.45, 7) is 4.03. The van der Waals surface area contributed by atoms with Crippen LogP contribution >= 0.6 is 46.9 Å². The molecule has 2 N–H and O–H groups in total. The minimum Gasteiger partial charge on any atom is -0.412 e. The predicted molar refractivity (Wildman–Crippen MR) is 119 cm³/mol. The van der Waals surface area contributed by atoms with Crippen LogP contribution in [-0.4, -0.2) is 47.4 Å². The minimum atomic E-state index is 0. The monoisotopic (exact) mass is 462 g/mol. The Labute approximate surface area is 186 Å². The summed E-state index contributed by atoms with van der Waals surface area (Å²) in [7, 11) is 0. The molecular weight excluding hydrogens is 439 g/mol. The summed E-state index contributed by atoms with van der Waals surface area (Å²) in [5, 5.41) is 3.19. The SMILES string of the molecule is Cl.O.O=C(Cc1ccc(Cl)c(Cl)c1)N1CCc2sccc2C1CN1CCCC1. The number of carbonyl (C=O) groups excluding carboxylic acids is 1. The molecule has 1 atom stereocenters. The number of likely N-dealkylation sites (tertiary alicyclic amines) is 1. The van der Waals surface area contributed by atoms with Gasteiger partial charge in [0.1, 0.15) is 0 Å². The summed E-state index contributed by atoms with van der Waals surface area (Å²) in [5.74, 6) is 0.171. The zero-order chi connectivity index (χ0) is 18.1. The first-order chi connectivity index (χ1) is 12.6. The van der Waals surface area contributed by atoms with Crippen LogP contribution in [0.25, 0.3) is 0 Å². The molecule has 0 bridgehead atoms. The fourth-order valence-corrected chi connectivity index (χ4v) is 5.28. The molecule has 4 rings (SSSR count). The van der Waals surface area contributed by atoms with Gasteiger partial charge in [-0.3, -0.25) is 4.79 Å². The van der Waals surface area contributed by atoms with E-state index in [1.165, 1.54) is 23.3 Å². The van der Waals surface area contributed by atoms with Crippen LogP contribution in [0.2, 0.25) is 10.0 Å². The predicted octanol–water partition coefficient (Wildman–Crippen LogP) is 4.42. The fourth-order valence-electron chi connectivity index (χ4n) is 4.03. The molecule has 1 fully saturated rings. The van der Waals surface area contributed by atoms with Crippen LogP contribution in [0.1, 0.15) is 34.9 Å². The van der Waals surface area contributed by atoms with Crippen molar-refractivity contribution in [2.45, 2.75) is 31.7 Å². The molecule has 0 saturated carbocycles. The lowest BCUT2D eigenvalue weighted by atomic mass is 9.98. The molecule has 154 valence electrons. The molecule has 1 amide bonds. The van der Waals surface area contributed by atoms with Crippen molar-refractivity contribution in [2.75, 3.05) is 26.2 Å². The Hall–Kier alpha value is -0.820. The first-order valence-electron chi connectivity index (χ1n) is 9.14. The third kappa shape index (κ3) is 5.02. The number of rotatable bonds is 4. The van der Waals surface area contributed by atoms with Crippen LogP contribution in [0.4, 0.5) is 0 Å². The molecule has 2 aliphatic rings. The highest BCUT2D eigenvalue weighted by atomic mass is 35.5. The number of amides is 1. The summed E-state index contributed by atoms with van der Waals surface area (Å²) in [6.07, 6.45) is 3.85. The van der Waals surface area contributed by atoms with Crippen molar-refractivity contribution in [1.82, 2.24) is 9.80 Å². The van der Waals surface area contributed by atoms with Crippen molar-refractivity contribution in [2.24, 2.45) is 0 Å². The van der Waals surface area contributed by atoms with Gasteiger partial charge in [0.25, 0.3) is 0 Å². The zero-order valence-corrected chi connectivity index (χ0v) is 18.6. The van der Waals surface area contributed by atoms with Crippen LogP contribution < -0.4 is 0 Å². The smallest absolute Gasteiger partial charge is 0.227 e. The van der Waals surface area contributed by atoms with Crippen LogP contribution in [-0.2, 0) is 17.6 Å². The summed E-state index contributed by atoms with van der Waals surface area (Å²) in [4.78, 5) is 19.1. The molecule has 2 aliphatic heterocycles.